The number of aromatic nitrogens is 1. The van der Waals surface area contributed by atoms with Crippen LogP contribution in [-0.4, -0.2) is 33.6 Å². The van der Waals surface area contributed by atoms with Crippen molar-refractivity contribution in [3.63, 3.8) is 0 Å². The van der Waals surface area contributed by atoms with Gasteiger partial charge in [0.15, 0.2) is 0 Å². The number of amides is 1. The Balaban J connectivity index is 1.37. The van der Waals surface area contributed by atoms with Gasteiger partial charge in [-0.25, -0.2) is 0 Å². The van der Waals surface area contributed by atoms with Crippen LogP contribution in [0.25, 0.3) is 5.69 Å². The molecule has 4 nitrogen and oxygen atoms in total. The fourth-order valence-corrected chi connectivity index (χ4v) is 3.81. The van der Waals surface area contributed by atoms with Crippen molar-refractivity contribution >= 4 is 5.91 Å². The van der Waals surface area contributed by atoms with Gasteiger partial charge in [0, 0.05) is 36.7 Å². The summed E-state index contributed by atoms with van der Waals surface area (Å²) in [4.78, 5) is 14.7. The Labute approximate surface area is 159 Å². The number of hydrogen-bond donors (Lipinski definition) is 1. The van der Waals surface area contributed by atoms with Crippen molar-refractivity contribution < 1.29 is 9.90 Å². The van der Waals surface area contributed by atoms with E-state index in [4.69, 9.17) is 0 Å². The molecular weight excluding hydrogens is 336 g/mol. The second kappa shape index (κ2) is 7.80. The number of rotatable bonds is 4. The molecule has 3 aromatic rings. The lowest BCUT2D eigenvalue weighted by atomic mass is 9.87. The van der Waals surface area contributed by atoms with E-state index >= 15 is 0 Å². The largest absolute Gasteiger partial charge is 0.388 e. The maximum atomic E-state index is 12.8. The van der Waals surface area contributed by atoms with Gasteiger partial charge in [-0.2, -0.15) is 0 Å². The molecule has 0 saturated carbocycles. The summed E-state index contributed by atoms with van der Waals surface area (Å²) in [7, 11) is 0. The predicted octanol–water partition coefficient (Wildman–Crippen LogP) is 4.06. The highest BCUT2D eigenvalue weighted by Gasteiger charge is 2.28. The third kappa shape index (κ3) is 3.81. The van der Waals surface area contributed by atoms with E-state index in [1.165, 1.54) is 0 Å². The molecule has 0 radical (unpaired) electrons. The Hall–Kier alpha value is -2.85. The summed E-state index contributed by atoms with van der Waals surface area (Å²) in [6, 6.07) is 21.5. The van der Waals surface area contributed by atoms with E-state index in [0.717, 1.165) is 24.1 Å². The first kappa shape index (κ1) is 17.6. The Morgan fingerprint density at radius 2 is 1.52 bits per heavy atom. The van der Waals surface area contributed by atoms with Crippen LogP contribution >= 0.6 is 0 Å². The third-order valence-corrected chi connectivity index (χ3v) is 5.43. The van der Waals surface area contributed by atoms with Crippen LogP contribution in [0.4, 0.5) is 0 Å². The van der Waals surface area contributed by atoms with Gasteiger partial charge in [-0.05, 0) is 60.7 Å². The SMILES string of the molecule is O=C(c1ccc(-n2cccc2)cc1)N1CCC(C(O)c2ccccc2)CC1. The second-order valence-electron chi connectivity index (χ2n) is 7.12. The number of carbonyl (C=O) groups excluding carboxylic acids is 1. The average Bonchev–Trinajstić information content (AvgIpc) is 3.28. The highest BCUT2D eigenvalue weighted by Crippen LogP contribution is 2.31. The first-order valence-electron chi connectivity index (χ1n) is 9.48. The van der Waals surface area contributed by atoms with Crippen molar-refractivity contribution in [2.24, 2.45) is 5.92 Å². The molecule has 27 heavy (non-hydrogen) atoms. The van der Waals surface area contributed by atoms with Crippen LogP contribution in [0.15, 0.2) is 79.1 Å². The van der Waals surface area contributed by atoms with Gasteiger partial charge in [0.1, 0.15) is 0 Å². The zero-order chi connectivity index (χ0) is 18.6. The molecule has 138 valence electrons. The number of likely N-dealkylation sites (tertiary alicyclic amines) is 1. The monoisotopic (exact) mass is 360 g/mol. The molecule has 4 rings (SSSR count). The molecule has 2 aromatic carbocycles. The Bertz CT molecular complexity index is 865. The van der Waals surface area contributed by atoms with Crippen LogP contribution in [-0.2, 0) is 0 Å². The van der Waals surface area contributed by atoms with E-state index in [1.54, 1.807) is 0 Å². The number of piperidine rings is 1. The van der Waals surface area contributed by atoms with E-state index in [-0.39, 0.29) is 11.8 Å². The molecule has 4 heteroatoms. The zero-order valence-electron chi connectivity index (χ0n) is 15.2. The van der Waals surface area contributed by atoms with Crippen molar-refractivity contribution in [2.75, 3.05) is 13.1 Å². The van der Waals surface area contributed by atoms with Gasteiger partial charge in [-0.1, -0.05) is 30.3 Å². The van der Waals surface area contributed by atoms with E-state index in [0.29, 0.717) is 18.7 Å². The number of hydrogen-bond acceptors (Lipinski definition) is 2. The number of carbonyl (C=O) groups is 1. The van der Waals surface area contributed by atoms with Crippen molar-refractivity contribution in [3.05, 3.63) is 90.3 Å². The molecule has 0 bridgehead atoms. The first-order chi connectivity index (χ1) is 13.2. The summed E-state index contributed by atoms with van der Waals surface area (Å²) in [5.74, 6) is 0.272. The highest BCUT2D eigenvalue weighted by molar-refractivity contribution is 5.94. The molecule has 1 aliphatic heterocycles. The predicted molar refractivity (Wildman–Crippen MR) is 106 cm³/mol. The summed E-state index contributed by atoms with van der Waals surface area (Å²) in [6.45, 7) is 1.37. The van der Waals surface area contributed by atoms with Gasteiger partial charge in [-0.3, -0.25) is 4.79 Å². The second-order valence-corrected chi connectivity index (χ2v) is 7.12. The molecular formula is C23H24N2O2. The molecule has 1 amide bonds. The normalized spacial score (nSPS) is 16.3. The fraction of sp³-hybridized carbons (Fsp3) is 0.261. The van der Waals surface area contributed by atoms with Gasteiger partial charge < -0.3 is 14.6 Å². The average molecular weight is 360 g/mol. The van der Waals surface area contributed by atoms with Gasteiger partial charge in [-0.15, -0.1) is 0 Å². The summed E-state index contributed by atoms with van der Waals surface area (Å²) in [5, 5.41) is 10.6. The topological polar surface area (TPSA) is 45.5 Å². The zero-order valence-corrected chi connectivity index (χ0v) is 15.2. The summed E-state index contributed by atoms with van der Waals surface area (Å²) < 4.78 is 2.02. The van der Waals surface area contributed by atoms with Gasteiger partial charge >= 0.3 is 0 Å². The lowest BCUT2D eigenvalue weighted by Crippen LogP contribution is -2.39. The van der Waals surface area contributed by atoms with Crippen LogP contribution in [0.1, 0.15) is 34.9 Å². The Morgan fingerprint density at radius 1 is 0.889 bits per heavy atom. The van der Waals surface area contributed by atoms with Gasteiger partial charge in [0.05, 0.1) is 6.10 Å². The molecule has 1 aromatic heterocycles. The summed E-state index contributed by atoms with van der Waals surface area (Å²) in [5.41, 5.74) is 2.72. The molecule has 1 saturated heterocycles. The van der Waals surface area contributed by atoms with Crippen LogP contribution in [0.2, 0.25) is 0 Å². The number of aliphatic hydroxyl groups is 1. The molecule has 1 N–H and O–H groups in total. The minimum atomic E-state index is -0.454. The number of benzene rings is 2. The lowest BCUT2D eigenvalue weighted by molar-refractivity contribution is 0.0462. The minimum Gasteiger partial charge on any atom is -0.388 e. The van der Waals surface area contributed by atoms with Gasteiger partial charge in [0.25, 0.3) is 5.91 Å². The van der Waals surface area contributed by atoms with Gasteiger partial charge in [0.2, 0.25) is 0 Å². The molecule has 0 aliphatic carbocycles. The molecule has 2 heterocycles. The van der Waals surface area contributed by atoms with E-state index in [9.17, 15) is 9.90 Å². The smallest absolute Gasteiger partial charge is 0.253 e. The third-order valence-electron chi connectivity index (χ3n) is 5.43. The van der Waals surface area contributed by atoms with Crippen LogP contribution in [0, 0.1) is 5.92 Å². The summed E-state index contributed by atoms with van der Waals surface area (Å²) in [6.07, 6.45) is 5.16. The van der Waals surface area contributed by atoms with E-state index in [1.807, 2.05) is 88.6 Å². The van der Waals surface area contributed by atoms with Crippen LogP contribution in [0.5, 0.6) is 0 Å². The van der Waals surface area contributed by atoms with Crippen LogP contribution < -0.4 is 0 Å². The maximum absolute atomic E-state index is 12.8. The minimum absolute atomic E-state index is 0.0710. The van der Waals surface area contributed by atoms with E-state index < -0.39 is 6.10 Å². The first-order valence-corrected chi connectivity index (χ1v) is 9.48. The molecule has 1 aliphatic rings. The van der Waals surface area contributed by atoms with Crippen molar-refractivity contribution in [1.82, 2.24) is 9.47 Å². The summed E-state index contributed by atoms with van der Waals surface area (Å²) >= 11 is 0. The molecule has 1 unspecified atom stereocenters. The van der Waals surface area contributed by atoms with E-state index in [2.05, 4.69) is 0 Å². The lowest BCUT2D eigenvalue weighted by Gasteiger charge is -2.34. The quantitative estimate of drug-likeness (QED) is 0.762. The van der Waals surface area contributed by atoms with Crippen LogP contribution in [0.3, 0.4) is 0 Å². The Kier molecular flexibility index (Phi) is 5.07. The number of aliphatic hydroxyl groups excluding tert-OH is 1. The number of nitrogens with zero attached hydrogens (tertiary/aromatic N) is 2. The standard InChI is InChI=1S/C23H24N2O2/c26-22(18-6-2-1-3-7-18)19-12-16-25(17-13-19)23(27)20-8-10-21(11-9-20)24-14-4-5-15-24/h1-11,14-15,19,22,26H,12-13,16-17H2. The van der Waals surface area contributed by atoms with Crippen molar-refractivity contribution in [1.29, 1.82) is 0 Å². The van der Waals surface area contributed by atoms with Crippen molar-refractivity contribution in [3.8, 4) is 5.69 Å². The Morgan fingerprint density at radius 3 is 2.15 bits per heavy atom. The molecule has 1 atom stereocenters. The fourth-order valence-electron chi connectivity index (χ4n) is 3.81. The van der Waals surface area contributed by atoms with Crippen molar-refractivity contribution in [2.45, 2.75) is 18.9 Å². The molecule has 0 spiro atoms. The molecule has 1 fully saturated rings. The highest BCUT2D eigenvalue weighted by atomic mass is 16.3. The maximum Gasteiger partial charge on any atom is 0.253 e.